The third-order valence-electron chi connectivity index (χ3n) is 4.45. The van der Waals surface area contributed by atoms with Crippen LogP contribution in [0.5, 0.6) is 11.5 Å². The highest BCUT2D eigenvalue weighted by atomic mass is 16.5. The van der Waals surface area contributed by atoms with E-state index in [2.05, 4.69) is 41.9 Å². The zero-order valence-electron chi connectivity index (χ0n) is 15.9. The minimum absolute atomic E-state index is 0.0577. The largest absolute Gasteiger partial charge is 0.493 e. The van der Waals surface area contributed by atoms with E-state index in [1.807, 2.05) is 30.3 Å². The molecule has 0 spiro atoms. The van der Waals surface area contributed by atoms with E-state index in [4.69, 9.17) is 9.47 Å². The summed E-state index contributed by atoms with van der Waals surface area (Å²) in [5.74, 6) is 0.986. The van der Waals surface area contributed by atoms with E-state index in [1.54, 1.807) is 19.2 Å². The molecule has 0 saturated carbocycles. The second-order valence-corrected chi connectivity index (χ2v) is 6.28. The number of ether oxygens (including phenoxy) is 2. The number of aromatic nitrogens is 1. The van der Waals surface area contributed by atoms with Gasteiger partial charge in [-0.2, -0.15) is 0 Å². The van der Waals surface area contributed by atoms with Crippen molar-refractivity contribution in [2.75, 3.05) is 13.7 Å². The molecule has 0 aliphatic heterocycles. The number of nitrogens with zero attached hydrogens (tertiary/aromatic N) is 1. The average molecular weight is 364 g/mol. The number of para-hydroxylation sites is 3. The summed E-state index contributed by atoms with van der Waals surface area (Å²) >= 11 is 0. The molecule has 0 unspecified atom stereocenters. The Bertz CT molecular complexity index is 917. The van der Waals surface area contributed by atoms with Crippen LogP contribution < -0.4 is 14.8 Å². The first-order chi connectivity index (χ1) is 13.1. The smallest absolute Gasteiger partial charge is 0.258 e. The Kier molecular flexibility index (Phi) is 5.81. The van der Waals surface area contributed by atoms with Crippen molar-refractivity contribution in [1.82, 2.24) is 9.88 Å². The Labute approximate surface area is 159 Å². The van der Waals surface area contributed by atoms with Crippen LogP contribution in [0.3, 0.4) is 0 Å². The molecule has 0 atom stereocenters. The van der Waals surface area contributed by atoms with Crippen LogP contribution in [0.1, 0.15) is 17.0 Å². The molecule has 0 bridgehead atoms. The number of aryl methyl sites for hydroxylation is 1. The molecule has 0 aliphatic carbocycles. The fourth-order valence-electron chi connectivity index (χ4n) is 3.11. The van der Waals surface area contributed by atoms with Gasteiger partial charge in [-0.3, -0.25) is 4.79 Å². The number of amides is 1. The van der Waals surface area contributed by atoms with Gasteiger partial charge in [0, 0.05) is 23.6 Å². The van der Waals surface area contributed by atoms with Gasteiger partial charge < -0.3 is 19.4 Å². The van der Waals surface area contributed by atoms with E-state index in [9.17, 15) is 4.79 Å². The summed E-state index contributed by atoms with van der Waals surface area (Å²) in [5, 5.41) is 2.92. The van der Waals surface area contributed by atoms with Gasteiger partial charge in [-0.05, 0) is 49.7 Å². The van der Waals surface area contributed by atoms with E-state index >= 15 is 0 Å². The number of benzene rings is 2. The minimum Gasteiger partial charge on any atom is -0.493 e. The van der Waals surface area contributed by atoms with E-state index in [0.29, 0.717) is 18.0 Å². The number of rotatable bonds is 7. The summed E-state index contributed by atoms with van der Waals surface area (Å²) in [6.07, 6.45) is 0. The van der Waals surface area contributed by atoms with Crippen LogP contribution in [-0.4, -0.2) is 24.2 Å². The highest BCUT2D eigenvalue weighted by Crippen LogP contribution is 2.25. The molecule has 3 aromatic rings. The fourth-order valence-corrected chi connectivity index (χ4v) is 3.11. The fraction of sp³-hybridized carbons (Fsp3) is 0.227. The summed E-state index contributed by atoms with van der Waals surface area (Å²) in [6.45, 7) is 4.53. The lowest BCUT2D eigenvalue weighted by Gasteiger charge is -2.11. The predicted molar refractivity (Wildman–Crippen MR) is 106 cm³/mol. The van der Waals surface area contributed by atoms with Gasteiger partial charge in [0.05, 0.1) is 7.11 Å². The number of nitrogens with one attached hydrogen (secondary N) is 1. The van der Waals surface area contributed by atoms with Gasteiger partial charge in [0.1, 0.15) is 0 Å². The van der Waals surface area contributed by atoms with E-state index in [-0.39, 0.29) is 12.5 Å². The van der Waals surface area contributed by atoms with Crippen molar-refractivity contribution in [3.63, 3.8) is 0 Å². The average Bonchev–Trinajstić information content (AvgIpc) is 2.98. The number of carbonyl (C=O) groups excluding carboxylic acids is 1. The molecule has 5 nitrogen and oxygen atoms in total. The van der Waals surface area contributed by atoms with Gasteiger partial charge in [0.25, 0.3) is 5.91 Å². The van der Waals surface area contributed by atoms with Crippen molar-refractivity contribution in [2.24, 2.45) is 0 Å². The lowest BCUT2D eigenvalue weighted by molar-refractivity contribution is -0.123. The Morgan fingerprint density at radius 2 is 1.67 bits per heavy atom. The lowest BCUT2D eigenvalue weighted by atomic mass is 10.2. The maximum absolute atomic E-state index is 12.2. The molecule has 0 saturated heterocycles. The van der Waals surface area contributed by atoms with Crippen LogP contribution in [0.2, 0.25) is 0 Å². The SMILES string of the molecule is COc1ccccc1OCC(=O)NCc1cc(C)n(-c2ccccc2)c1C. The number of hydrogen-bond donors (Lipinski definition) is 1. The van der Waals surface area contributed by atoms with Gasteiger partial charge in [0.2, 0.25) is 0 Å². The first kappa shape index (κ1) is 18.6. The Morgan fingerprint density at radius 3 is 2.37 bits per heavy atom. The molecule has 1 aromatic heterocycles. The number of carbonyl (C=O) groups is 1. The summed E-state index contributed by atoms with van der Waals surface area (Å²) in [7, 11) is 1.57. The van der Waals surface area contributed by atoms with Crippen molar-refractivity contribution in [3.05, 3.63) is 77.6 Å². The summed E-state index contributed by atoms with van der Waals surface area (Å²) in [5.41, 5.74) is 4.45. The maximum atomic E-state index is 12.2. The van der Waals surface area contributed by atoms with Crippen molar-refractivity contribution in [3.8, 4) is 17.2 Å². The van der Waals surface area contributed by atoms with Crippen LogP contribution in [0.4, 0.5) is 0 Å². The Hall–Kier alpha value is -3.21. The van der Waals surface area contributed by atoms with Crippen molar-refractivity contribution in [1.29, 1.82) is 0 Å². The van der Waals surface area contributed by atoms with Crippen LogP contribution in [0, 0.1) is 13.8 Å². The zero-order valence-corrected chi connectivity index (χ0v) is 15.9. The highest BCUT2D eigenvalue weighted by Gasteiger charge is 2.12. The topological polar surface area (TPSA) is 52.5 Å². The third-order valence-corrected chi connectivity index (χ3v) is 4.45. The summed E-state index contributed by atoms with van der Waals surface area (Å²) in [4.78, 5) is 12.2. The molecule has 0 fully saturated rings. The quantitative estimate of drug-likeness (QED) is 0.694. The molecule has 140 valence electrons. The van der Waals surface area contributed by atoms with Crippen molar-refractivity contribution < 1.29 is 14.3 Å². The lowest BCUT2D eigenvalue weighted by Crippen LogP contribution is -2.28. The van der Waals surface area contributed by atoms with Crippen LogP contribution in [0.15, 0.2) is 60.7 Å². The maximum Gasteiger partial charge on any atom is 0.258 e. The first-order valence-electron chi connectivity index (χ1n) is 8.86. The standard InChI is InChI=1S/C22H24N2O3/c1-16-13-18(17(2)24(16)19-9-5-4-6-10-19)14-23-22(25)15-27-21-12-8-7-11-20(21)26-3/h4-13H,14-15H2,1-3H3,(H,23,25). The molecular weight excluding hydrogens is 340 g/mol. The molecular formula is C22H24N2O3. The molecule has 1 amide bonds. The van der Waals surface area contributed by atoms with Crippen LogP contribution >= 0.6 is 0 Å². The summed E-state index contributed by atoms with van der Waals surface area (Å²) in [6, 6.07) is 19.6. The molecule has 0 aliphatic rings. The minimum atomic E-state index is -0.176. The molecule has 2 aromatic carbocycles. The van der Waals surface area contributed by atoms with E-state index in [1.165, 1.54) is 0 Å². The third kappa shape index (κ3) is 4.31. The Morgan fingerprint density at radius 1 is 1.00 bits per heavy atom. The van der Waals surface area contributed by atoms with Gasteiger partial charge in [-0.15, -0.1) is 0 Å². The zero-order chi connectivity index (χ0) is 19.2. The van der Waals surface area contributed by atoms with Gasteiger partial charge >= 0.3 is 0 Å². The highest BCUT2D eigenvalue weighted by molar-refractivity contribution is 5.77. The van der Waals surface area contributed by atoms with Crippen molar-refractivity contribution in [2.45, 2.75) is 20.4 Å². The first-order valence-corrected chi connectivity index (χ1v) is 8.86. The van der Waals surface area contributed by atoms with Crippen LogP contribution in [-0.2, 0) is 11.3 Å². The second-order valence-electron chi connectivity index (χ2n) is 6.28. The van der Waals surface area contributed by atoms with Crippen LogP contribution in [0.25, 0.3) is 5.69 Å². The molecule has 27 heavy (non-hydrogen) atoms. The van der Waals surface area contributed by atoms with Gasteiger partial charge in [-0.25, -0.2) is 0 Å². The summed E-state index contributed by atoms with van der Waals surface area (Å²) < 4.78 is 13.0. The molecule has 3 rings (SSSR count). The van der Waals surface area contributed by atoms with Gasteiger partial charge in [0.15, 0.2) is 18.1 Å². The predicted octanol–water partition coefficient (Wildman–Crippen LogP) is 3.80. The van der Waals surface area contributed by atoms with E-state index < -0.39 is 0 Å². The molecule has 0 radical (unpaired) electrons. The molecule has 1 N–H and O–H groups in total. The Balaban J connectivity index is 1.61. The van der Waals surface area contributed by atoms with Gasteiger partial charge in [-0.1, -0.05) is 30.3 Å². The molecule has 5 heteroatoms. The second kappa shape index (κ2) is 8.45. The normalized spacial score (nSPS) is 10.5. The van der Waals surface area contributed by atoms with E-state index in [0.717, 1.165) is 22.6 Å². The monoisotopic (exact) mass is 364 g/mol. The number of hydrogen-bond acceptors (Lipinski definition) is 3. The van der Waals surface area contributed by atoms with Crippen molar-refractivity contribution >= 4 is 5.91 Å². The molecule has 1 heterocycles. The number of methoxy groups -OCH3 is 1.